The zero-order chi connectivity index (χ0) is 24.6. The van der Waals surface area contributed by atoms with Crippen LogP contribution in [0.1, 0.15) is 28.0 Å². The summed E-state index contributed by atoms with van der Waals surface area (Å²) in [5, 5.41) is 0. The number of benzene rings is 3. The number of amides is 1. The highest BCUT2D eigenvalue weighted by Gasteiger charge is 2.19. The van der Waals surface area contributed by atoms with Gasteiger partial charge in [0.1, 0.15) is 5.75 Å². The van der Waals surface area contributed by atoms with E-state index >= 15 is 0 Å². The topological polar surface area (TPSA) is 51.7 Å². The average Bonchev–Trinajstić information content (AvgIpc) is 3.46. The van der Waals surface area contributed by atoms with Gasteiger partial charge >= 0.3 is 0 Å². The van der Waals surface area contributed by atoms with Crippen LogP contribution in [-0.4, -0.2) is 35.6 Å². The fourth-order valence-electron chi connectivity index (χ4n) is 4.39. The summed E-state index contributed by atoms with van der Waals surface area (Å²) in [6, 6.07) is 31.8. The third-order valence-electron chi connectivity index (χ3n) is 6.39. The zero-order valence-electron chi connectivity index (χ0n) is 20.3. The molecular weight excluding hydrogens is 448 g/mol. The van der Waals surface area contributed by atoms with Gasteiger partial charge in [-0.1, -0.05) is 60.7 Å². The Kier molecular flexibility index (Phi) is 7.69. The van der Waals surface area contributed by atoms with Crippen molar-refractivity contribution >= 4 is 5.91 Å². The smallest absolute Gasteiger partial charge is 0.254 e. The number of nitrogens with zero attached hydrogens (tertiary/aromatic N) is 2. The molecule has 1 atom stereocenters. The molecule has 1 aromatic heterocycles. The zero-order valence-corrected chi connectivity index (χ0v) is 20.3. The summed E-state index contributed by atoms with van der Waals surface area (Å²) in [6.45, 7) is 3.10. The molecule has 0 N–H and O–H groups in total. The lowest BCUT2D eigenvalue weighted by Gasteiger charge is -2.23. The monoisotopic (exact) mass is 478 g/mol. The third-order valence-corrected chi connectivity index (χ3v) is 6.39. The minimum Gasteiger partial charge on any atom is -0.493 e. The van der Waals surface area contributed by atoms with Crippen molar-refractivity contribution in [1.29, 1.82) is 0 Å². The average molecular weight is 479 g/mol. The van der Waals surface area contributed by atoms with E-state index in [1.807, 2.05) is 89.8 Å². The summed E-state index contributed by atoms with van der Waals surface area (Å²) in [6.07, 6.45) is 2.79. The van der Waals surface area contributed by atoms with Gasteiger partial charge in [0.25, 0.3) is 5.91 Å². The number of carbonyl (C=O) groups is 1. The largest absolute Gasteiger partial charge is 0.493 e. The van der Waals surface area contributed by atoms with Crippen molar-refractivity contribution in [2.75, 3.05) is 19.8 Å². The number of aromatic nitrogens is 1. The summed E-state index contributed by atoms with van der Waals surface area (Å²) in [4.78, 5) is 19.9. The quantitative estimate of drug-likeness (QED) is 0.296. The van der Waals surface area contributed by atoms with Crippen molar-refractivity contribution in [3.63, 3.8) is 0 Å². The van der Waals surface area contributed by atoms with Crippen LogP contribution in [0.2, 0.25) is 0 Å². The third kappa shape index (κ3) is 6.18. The van der Waals surface area contributed by atoms with Crippen LogP contribution in [-0.2, 0) is 17.8 Å². The number of carbonyl (C=O) groups excluding carboxylic acids is 1. The van der Waals surface area contributed by atoms with Crippen LogP contribution in [0.15, 0.2) is 103 Å². The minimum atomic E-state index is -0.0327. The van der Waals surface area contributed by atoms with Crippen molar-refractivity contribution in [3.8, 4) is 16.9 Å². The van der Waals surface area contributed by atoms with E-state index in [0.717, 1.165) is 47.8 Å². The lowest BCUT2D eigenvalue weighted by atomic mass is 10.0. The second-order valence-corrected chi connectivity index (χ2v) is 9.11. The molecule has 1 saturated heterocycles. The maximum atomic E-state index is 13.6. The predicted octanol–water partition coefficient (Wildman–Crippen LogP) is 6.01. The number of hydrogen-bond acceptors (Lipinski definition) is 4. The van der Waals surface area contributed by atoms with Crippen LogP contribution in [0, 0.1) is 5.92 Å². The second-order valence-electron chi connectivity index (χ2n) is 9.11. The second kappa shape index (κ2) is 11.6. The van der Waals surface area contributed by atoms with Gasteiger partial charge in [-0.15, -0.1) is 0 Å². The Balaban J connectivity index is 1.33. The maximum Gasteiger partial charge on any atom is 0.254 e. The minimum absolute atomic E-state index is 0.0327. The van der Waals surface area contributed by atoms with Gasteiger partial charge in [0.15, 0.2) is 0 Å². The molecule has 0 spiro atoms. The van der Waals surface area contributed by atoms with Crippen molar-refractivity contribution < 1.29 is 14.3 Å². The standard InChI is InChI=1S/C31H30N2O3/c34-31(28-14-12-27(13-15-28)26-8-2-1-3-9-26)33(21-29-10-4-5-17-32-29)20-24-7-6-11-30(19-24)36-23-25-16-18-35-22-25/h1-15,17,19,25H,16,18,20-23H2/t25-/m0/s1. The number of rotatable bonds is 9. The molecule has 182 valence electrons. The van der Waals surface area contributed by atoms with Gasteiger partial charge < -0.3 is 14.4 Å². The lowest BCUT2D eigenvalue weighted by Crippen LogP contribution is -2.30. The van der Waals surface area contributed by atoms with E-state index in [9.17, 15) is 4.79 Å². The van der Waals surface area contributed by atoms with Crippen molar-refractivity contribution in [2.24, 2.45) is 5.92 Å². The Morgan fingerprint density at radius 1 is 0.889 bits per heavy atom. The van der Waals surface area contributed by atoms with E-state index in [1.54, 1.807) is 6.20 Å². The van der Waals surface area contributed by atoms with Gasteiger partial charge in [-0.05, 0) is 59.5 Å². The van der Waals surface area contributed by atoms with E-state index in [1.165, 1.54) is 0 Å². The Bertz CT molecular complexity index is 1250. The summed E-state index contributed by atoms with van der Waals surface area (Å²) in [5.74, 6) is 1.22. The Hall–Kier alpha value is -3.96. The van der Waals surface area contributed by atoms with Gasteiger partial charge in [-0.2, -0.15) is 0 Å². The summed E-state index contributed by atoms with van der Waals surface area (Å²) < 4.78 is 11.5. The summed E-state index contributed by atoms with van der Waals surface area (Å²) in [7, 11) is 0. The summed E-state index contributed by atoms with van der Waals surface area (Å²) >= 11 is 0. The molecule has 2 heterocycles. The van der Waals surface area contributed by atoms with E-state index in [0.29, 0.717) is 31.2 Å². The first kappa shape index (κ1) is 23.8. The molecule has 3 aromatic carbocycles. The molecule has 1 fully saturated rings. The number of pyridine rings is 1. The number of ether oxygens (including phenoxy) is 2. The Morgan fingerprint density at radius 3 is 2.44 bits per heavy atom. The van der Waals surface area contributed by atoms with Gasteiger partial charge in [0.05, 0.1) is 25.5 Å². The predicted molar refractivity (Wildman–Crippen MR) is 141 cm³/mol. The fourth-order valence-corrected chi connectivity index (χ4v) is 4.39. The van der Waals surface area contributed by atoms with Gasteiger partial charge in [-0.3, -0.25) is 9.78 Å². The highest BCUT2D eigenvalue weighted by Crippen LogP contribution is 2.22. The SMILES string of the molecule is O=C(c1ccc(-c2ccccc2)cc1)N(Cc1cccc(OC[C@H]2CCOC2)c1)Cc1ccccn1. The Labute approximate surface area is 212 Å². The molecule has 5 rings (SSSR count). The molecule has 4 aromatic rings. The number of hydrogen-bond donors (Lipinski definition) is 0. The van der Waals surface area contributed by atoms with E-state index < -0.39 is 0 Å². The lowest BCUT2D eigenvalue weighted by molar-refractivity contribution is 0.0727. The molecule has 0 radical (unpaired) electrons. The Morgan fingerprint density at radius 2 is 1.69 bits per heavy atom. The van der Waals surface area contributed by atoms with Crippen LogP contribution in [0.25, 0.3) is 11.1 Å². The highest BCUT2D eigenvalue weighted by molar-refractivity contribution is 5.94. The maximum absolute atomic E-state index is 13.6. The van der Waals surface area contributed by atoms with Gasteiger partial charge in [0, 0.05) is 30.8 Å². The molecule has 1 aliphatic rings. The van der Waals surface area contributed by atoms with Crippen molar-refractivity contribution in [1.82, 2.24) is 9.88 Å². The van der Waals surface area contributed by atoms with E-state index in [2.05, 4.69) is 17.1 Å². The first-order chi connectivity index (χ1) is 17.7. The molecule has 5 heteroatoms. The van der Waals surface area contributed by atoms with Crippen molar-refractivity contribution in [3.05, 3.63) is 120 Å². The van der Waals surface area contributed by atoms with Crippen LogP contribution in [0.5, 0.6) is 5.75 Å². The molecule has 1 aliphatic heterocycles. The van der Waals surface area contributed by atoms with Crippen LogP contribution < -0.4 is 4.74 Å². The van der Waals surface area contributed by atoms with E-state index in [4.69, 9.17) is 9.47 Å². The summed E-state index contributed by atoms with van der Waals surface area (Å²) in [5.41, 5.74) is 4.73. The van der Waals surface area contributed by atoms with E-state index in [-0.39, 0.29) is 5.91 Å². The molecule has 36 heavy (non-hydrogen) atoms. The normalized spacial score (nSPS) is 14.9. The van der Waals surface area contributed by atoms with Gasteiger partial charge in [-0.25, -0.2) is 0 Å². The molecule has 0 unspecified atom stereocenters. The van der Waals surface area contributed by atoms with Crippen LogP contribution in [0.4, 0.5) is 0 Å². The first-order valence-electron chi connectivity index (χ1n) is 12.4. The molecule has 0 bridgehead atoms. The van der Waals surface area contributed by atoms with Gasteiger partial charge in [0.2, 0.25) is 0 Å². The van der Waals surface area contributed by atoms with Crippen LogP contribution in [0.3, 0.4) is 0 Å². The van der Waals surface area contributed by atoms with Crippen molar-refractivity contribution in [2.45, 2.75) is 19.5 Å². The fraction of sp³-hybridized carbons (Fsp3) is 0.226. The van der Waals surface area contributed by atoms with Crippen LogP contribution >= 0.6 is 0 Å². The highest BCUT2D eigenvalue weighted by atomic mass is 16.5. The molecule has 1 amide bonds. The molecule has 5 nitrogen and oxygen atoms in total. The molecule has 0 saturated carbocycles. The molecular formula is C31H30N2O3. The molecule has 0 aliphatic carbocycles. The first-order valence-corrected chi connectivity index (χ1v) is 12.4.